The van der Waals surface area contributed by atoms with E-state index >= 15 is 0 Å². The number of rotatable bonds is 6. The number of aliphatic hydroxyl groups excluding tert-OH is 1. The Morgan fingerprint density at radius 1 is 0.973 bits per heavy atom. The topological polar surface area (TPSA) is 76.1 Å². The van der Waals surface area contributed by atoms with Gasteiger partial charge < -0.3 is 14.6 Å². The Balaban J connectivity index is 1.54. The molecule has 1 fully saturated rings. The fourth-order valence-electron chi connectivity index (χ4n) is 4.27. The van der Waals surface area contributed by atoms with Crippen LogP contribution >= 0.6 is 27.3 Å². The number of halogens is 1. The maximum Gasteiger partial charge on any atom is 0.300 e. The van der Waals surface area contributed by atoms with E-state index in [1.807, 2.05) is 48.7 Å². The van der Waals surface area contributed by atoms with Crippen molar-refractivity contribution in [1.29, 1.82) is 0 Å². The molecule has 186 valence electrons. The monoisotopic (exact) mass is 575 g/mol. The number of thiophene rings is 1. The third kappa shape index (κ3) is 4.77. The molecule has 0 saturated carbocycles. The maximum atomic E-state index is 13.3. The predicted molar refractivity (Wildman–Crippen MR) is 147 cm³/mol. The van der Waals surface area contributed by atoms with E-state index in [-0.39, 0.29) is 11.3 Å². The van der Waals surface area contributed by atoms with Crippen molar-refractivity contribution < 1.29 is 24.2 Å². The first-order valence-corrected chi connectivity index (χ1v) is 13.1. The molecule has 0 spiro atoms. The number of amides is 1. The van der Waals surface area contributed by atoms with Crippen molar-refractivity contribution in [2.75, 3.05) is 12.0 Å². The number of hydrogen-bond acceptors (Lipinski definition) is 6. The van der Waals surface area contributed by atoms with Gasteiger partial charge in [-0.2, -0.15) is 0 Å². The Morgan fingerprint density at radius 2 is 1.76 bits per heavy atom. The Bertz CT molecular complexity index is 1510. The largest absolute Gasteiger partial charge is 0.507 e. The number of methoxy groups -OCH3 is 1. The maximum absolute atomic E-state index is 13.3. The van der Waals surface area contributed by atoms with Crippen LogP contribution in [-0.2, 0) is 9.59 Å². The second-order valence-electron chi connectivity index (χ2n) is 8.45. The quantitative estimate of drug-likeness (QED) is 0.149. The van der Waals surface area contributed by atoms with E-state index in [1.54, 1.807) is 49.6 Å². The number of aryl methyl sites for hydroxylation is 1. The second kappa shape index (κ2) is 10.2. The standard InChI is InChI=1S/C29H22BrNO5S/c1-17-5-3-6-21(15-17)36-20-11-9-19(10-12-20)31-26(24-7-4-14-37-24)25(28(33)29(31)34)27(32)18-8-13-23(35-2)22(30)16-18/h3-16,26,32H,1-2H3/b27-25-. The number of nitrogens with zero attached hydrogens (tertiary/aromatic N) is 1. The van der Waals surface area contributed by atoms with Crippen LogP contribution < -0.4 is 14.4 Å². The average molecular weight is 576 g/mol. The molecule has 1 aliphatic heterocycles. The van der Waals surface area contributed by atoms with Gasteiger partial charge in [0.15, 0.2) is 0 Å². The van der Waals surface area contributed by atoms with Crippen LogP contribution in [0.4, 0.5) is 5.69 Å². The normalized spacial score (nSPS) is 16.7. The Hall–Kier alpha value is -3.88. The smallest absolute Gasteiger partial charge is 0.300 e. The molecule has 5 rings (SSSR count). The zero-order valence-corrected chi connectivity index (χ0v) is 22.4. The van der Waals surface area contributed by atoms with Gasteiger partial charge in [-0.3, -0.25) is 14.5 Å². The highest BCUT2D eigenvalue weighted by atomic mass is 79.9. The van der Waals surface area contributed by atoms with Crippen molar-refractivity contribution in [3.63, 3.8) is 0 Å². The van der Waals surface area contributed by atoms with Crippen LogP contribution in [0.25, 0.3) is 5.76 Å². The van der Waals surface area contributed by atoms with E-state index in [0.717, 1.165) is 10.4 Å². The van der Waals surface area contributed by atoms with Crippen LogP contribution in [0.2, 0.25) is 0 Å². The summed E-state index contributed by atoms with van der Waals surface area (Å²) in [4.78, 5) is 28.8. The van der Waals surface area contributed by atoms with Crippen molar-refractivity contribution >= 4 is 50.4 Å². The zero-order valence-electron chi connectivity index (χ0n) is 20.0. The SMILES string of the molecule is COc1ccc(/C(O)=C2/C(=O)C(=O)N(c3ccc(Oc4cccc(C)c4)cc3)C2c2cccs2)cc1Br. The number of Topliss-reactive ketones (excluding diaryl/α,β-unsaturated/α-hetero) is 1. The molecule has 1 saturated heterocycles. The summed E-state index contributed by atoms with van der Waals surface area (Å²) in [6.45, 7) is 1.99. The Labute approximate surface area is 226 Å². The molecule has 3 aromatic carbocycles. The van der Waals surface area contributed by atoms with Gasteiger partial charge in [0.2, 0.25) is 0 Å². The summed E-state index contributed by atoms with van der Waals surface area (Å²) in [6.07, 6.45) is 0. The molecule has 0 radical (unpaired) electrons. The van der Waals surface area contributed by atoms with Crippen LogP contribution in [0, 0.1) is 6.92 Å². The third-order valence-corrected chi connectivity index (χ3v) is 7.57. The van der Waals surface area contributed by atoms with E-state index in [0.29, 0.717) is 33.0 Å². The summed E-state index contributed by atoms with van der Waals surface area (Å²) in [6, 6.07) is 22.6. The van der Waals surface area contributed by atoms with Crippen LogP contribution in [-0.4, -0.2) is 23.9 Å². The molecule has 2 heterocycles. The molecule has 1 aliphatic rings. The summed E-state index contributed by atoms with van der Waals surface area (Å²) < 4.78 is 11.8. The highest BCUT2D eigenvalue weighted by Crippen LogP contribution is 2.44. The summed E-state index contributed by atoms with van der Waals surface area (Å²) in [5.74, 6) is 0.184. The van der Waals surface area contributed by atoms with Crippen LogP contribution in [0.1, 0.15) is 22.0 Å². The molecule has 1 unspecified atom stereocenters. The molecule has 4 aromatic rings. The van der Waals surface area contributed by atoms with Crippen molar-refractivity contribution in [2.24, 2.45) is 0 Å². The summed E-state index contributed by atoms with van der Waals surface area (Å²) >= 11 is 4.83. The number of anilines is 1. The van der Waals surface area contributed by atoms with Gasteiger partial charge in [0.1, 0.15) is 29.0 Å². The molecule has 37 heavy (non-hydrogen) atoms. The van der Waals surface area contributed by atoms with Gasteiger partial charge >= 0.3 is 0 Å². The first kappa shape index (κ1) is 24.8. The van der Waals surface area contributed by atoms with Crippen molar-refractivity contribution in [3.8, 4) is 17.2 Å². The number of ketones is 1. The van der Waals surface area contributed by atoms with Gasteiger partial charge in [0.25, 0.3) is 11.7 Å². The van der Waals surface area contributed by atoms with Crippen LogP contribution in [0.15, 0.2) is 94.3 Å². The lowest BCUT2D eigenvalue weighted by Gasteiger charge is -2.24. The van der Waals surface area contributed by atoms with E-state index < -0.39 is 17.7 Å². The average Bonchev–Trinajstić information content (AvgIpc) is 3.51. The van der Waals surface area contributed by atoms with E-state index in [9.17, 15) is 14.7 Å². The predicted octanol–water partition coefficient (Wildman–Crippen LogP) is 7.25. The molecular formula is C29H22BrNO5S. The Kier molecular flexibility index (Phi) is 6.86. The summed E-state index contributed by atoms with van der Waals surface area (Å²) in [5.41, 5.74) is 2.03. The van der Waals surface area contributed by atoms with E-state index in [1.165, 1.54) is 16.2 Å². The molecule has 1 aromatic heterocycles. The molecule has 6 nitrogen and oxygen atoms in total. The second-order valence-corrected chi connectivity index (χ2v) is 10.3. The van der Waals surface area contributed by atoms with Gasteiger partial charge in [-0.1, -0.05) is 18.2 Å². The molecule has 1 atom stereocenters. The van der Waals surface area contributed by atoms with Gasteiger partial charge in [-0.25, -0.2) is 0 Å². The van der Waals surface area contributed by atoms with Crippen molar-refractivity contribution in [3.05, 3.63) is 110 Å². The fraction of sp³-hybridized carbons (Fsp3) is 0.103. The number of carbonyl (C=O) groups is 2. The van der Waals surface area contributed by atoms with Crippen LogP contribution in [0.5, 0.6) is 17.2 Å². The van der Waals surface area contributed by atoms with Gasteiger partial charge in [0, 0.05) is 16.1 Å². The number of ether oxygens (including phenoxy) is 2. The molecule has 1 amide bonds. The number of aliphatic hydroxyl groups is 1. The molecular weight excluding hydrogens is 554 g/mol. The van der Waals surface area contributed by atoms with Crippen LogP contribution in [0.3, 0.4) is 0 Å². The van der Waals surface area contributed by atoms with E-state index in [4.69, 9.17) is 9.47 Å². The molecule has 8 heteroatoms. The molecule has 0 bridgehead atoms. The first-order chi connectivity index (χ1) is 17.9. The molecule has 1 N–H and O–H groups in total. The van der Waals surface area contributed by atoms with Gasteiger partial charge in [-0.05, 0) is 94.5 Å². The minimum Gasteiger partial charge on any atom is -0.507 e. The first-order valence-electron chi connectivity index (χ1n) is 11.4. The number of benzene rings is 3. The fourth-order valence-corrected chi connectivity index (χ4v) is 5.64. The van der Waals surface area contributed by atoms with Crippen molar-refractivity contribution in [1.82, 2.24) is 0 Å². The molecule has 0 aliphatic carbocycles. The Morgan fingerprint density at radius 3 is 2.41 bits per heavy atom. The summed E-state index contributed by atoms with van der Waals surface area (Å²) in [5, 5.41) is 13.1. The highest BCUT2D eigenvalue weighted by molar-refractivity contribution is 9.10. The zero-order chi connectivity index (χ0) is 26.1. The number of carbonyl (C=O) groups excluding carboxylic acids is 2. The van der Waals surface area contributed by atoms with E-state index in [2.05, 4.69) is 15.9 Å². The lowest BCUT2D eigenvalue weighted by atomic mass is 9.99. The lowest BCUT2D eigenvalue weighted by molar-refractivity contribution is -0.132. The minimum absolute atomic E-state index is 0.0320. The van der Waals surface area contributed by atoms with Crippen molar-refractivity contribution in [2.45, 2.75) is 13.0 Å². The van der Waals surface area contributed by atoms with Gasteiger partial charge in [0.05, 0.1) is 17.2 Å². The number of hydrogen-bond donors (Lipinski definition) is 1. The minimum atomic E-state index is -0.774. The van der Waals surface area contributed by atoms with Gasteiger partial charge in [-0.15, -0.1) is 11.3 Å². The summed E-state index contributed by atoms with van der Waals surface area (Å²) in [7, 11) is 1.54. The third-order valence-electron chi connectivity index (χ3n) is 6.02. The lowest BCUT2D eigenvalue weighted by Crippen LogP contribution is -2.29. The highest BCUT2D eigenvalue weighted by Gasteiger charge is 2.47.